The number of ether oxygens (including phenoxy) is 1. The van der Waals surface area contributed by atoms with Gasteiger partial charge in [-0.05, 0) is 37.2 Å². The van der Waals surface area contributed by atoms with Crippen molar-refractivity contribution in [1.82, 2.24) is 26.6 Å². The largest absolute Gasteiger partial charge is 0.497 e. The smallest absolute Gasteiger partial charge is 0.320 e. The van der Waals surface area contributed by atoms with Gasteiger partial charge in [0, 0.05) is 24.2 Å². The number of amides is 3. The first kappa shape index (κ1) is 32.5. The molecule has 0 bridgehead atoms. The maximum Gasteiger partial charge on any atom is 0.320 e. The highest BCUT2D eigenvalue weighted by Gasteiger charge is 2.41. The highest BCUT2D eigenvalue weighted by Crippen LogP contribution is 2.24. The molecule has 39 heavy (non-hydrogen) atoms. The van der Waals surface area contributed by atoms with Gasteiger partial charge < -0.3 is 31.3 Å². The molecule has 208 valence electrons. The van der Waals surface area contributed by atoms with Crippen molar-refractivity contribution < 1.29 is 19.1 Å². The molecule has 9 heteroatoms. The van der Waals surface area contributed by atoms with Crippen molar-refractivity contribution in [2.24, 2.45) is 0 Å². The molecule has 1 aromatic carbocycles. The molecule has 2 atom stereocenters. The minimum absolute atomic E-state index is 0.174. The topological polar surface area (TPSA) is 121 Å². The third-order valence-electron chi connectivity index (χ3n) is 5.50. The Kier molecular flexibility index (Phi) is 13.6. The van der Waals surface area contributed by atoms with Crippen LogP contribution in [0.5, 0.6) is 5.75 Å². The van der Waals surface area contributed by atoms with E-state index < -0.39 is 5.54 Å². The normalized spacial score (nSPS) is 19.6. The van der Waals surface area contributed by atoms with Gasteiger partial charge in [-0.1, -0.05) is 75.8 Å². The summed E-state index contributed by atoms with van der Waals surface area (Å²) in [5.41, 5.74) is 2.05. The quantitative estimate of drug-likeness (QED) is 0.198. The van der Waals surface area contributed by atoms with E-state index >= 15 is 0 Å². The van der Waals surface area contributed by atoms with Crippen LogP contribution in [0.2, 0.25) is 0 Å². The van der Waals surface area contributed by atoms with Crippen LogP contribution in [0.15, 0.2) is 79.3 Å². The number of urea groups is 1. The Morgan fingerprint density at radius 3 is 2.46 bits per heavy atom. The van der Waals surface area contributed by atoms with Gasteiger partial charge in [-0.3, -0.25) is 9.59 Å². The molecular formula is C30H39N5O4. The number of benzene rings is 1. The number of nitrogens with one attached hydrogen (secondary N) is 5. The zero-order valence-electron chi connectivity index (χ0n) is 23.4. The molecule has 2 saturated heterocycles. The summed E-state index contributed by atoms with van der Waals surface area (Å²) in [4.78, 5) is 33.9. The van der Waals surface area contributed by atoms with Gasteiger partial charge in [0.1, 0.15) is 17.3 Å². The van der Waals surface area contributed by atoms with Crippen molar-refractivity contribution in [2.75, 3.05) is 14.2 Å². The van der Waals surface area contributed by atoms with Gasteiger partial charge >= 0.3 is 6.03 Å². The molecular weight excluding hydrogens is 494 g/mol. The maximum atomic E-state index is 12.1. The summed E-state index contributed by atoms with van der Waals surface area (Å²) in [7, 11) is 3.43. The fourth-order valence-electron chi connectivity index (χ4n) is 3.53. The second kappa shape index (κ2) is 16.3. The fraction of sp³-hybridized carbons (Fsp3) is 0.300. The molecule has 1 aromatic rings. The first-order valence-corrected chi connectivity index (χ1v) is 12.5. The lowest BCUT2D eigenvalue weighted by Crippen LogP contribution is -2.44. The second-order valence-corrected chi connectivity index (χ2v) is 8.24. The van der Waals surface area contributed by atoms with Crippen molar-refractivity contribution in [3.05, 3.63) is 90.5 Å². The Morgan fingerprint density at radius 1 is 1.23 bits per heavy atom. The lowest BCUT2D eigenvalue weighted by atomic mass is 9.91. The van der Waals surface area contributed by atoms with Gasteiger partial charge in [0.2, 0.25) is 0 Å². The van der Waals surface area contributed by atoms with Crippen molar-refractivity contribution in [1.29, 1.82) is 0 Å². The summed E-state index contributed by atoms with van der Waals surface area (Å²) in [5.74, 6) is 6.88. The van der Waals surface area contributed by atoms with Crippen LogP contribution in [-0.4, -0.2) is 44.0 Å². The van der Waals surface area contributed by atoms with Crippen LogP contribution < -0.4 is 31.3 Å². The van der Waals surface area contributed by atoms with Crippen LogP contribution in [0.1, 0.15) is 43.1 Å². The minimum Gasteiger partial charge on any atom is -0.497 e. The third-order valence-corrected chi connectivity index (χ3v) is 5.50. The fourth-order valence-corrected chi connectivity index (χ4v) is 3.53. The van der Waals surface area contributed by atoms with Crippen LogP contribution in [0.3, 0.4) is 0 Å². The summed E-state index contributed by atoms with van der Waals surface area (Å²) in [5, 5.41) is 13.9. The summed E-state index contributed by atoms with van der Waals surface area (Å²) >= 11 is 0. The highest BCUT2D eigenvalue weighted by atomic mass is 16.5. The Bertz CT molecular complexity index is 1210. The molecule has 2 fully saturated rings. The summed E-state index contributed by atoms with van der Waals surface area (Å²) in [6.07, 6.45) is 8.36. The lowest BCUT2D eigenvalue weighted by Gasteiger charge is -2.22. The average Bonchev–Trinajstić information content (AvgIpc) is 3.39. The predicted octanol–water partition coefficient (Wildman–Crippen LogP) is 3.45. The predicted molar refractivity (Wildman–Crippen MR) is 156 cm³/mol. The van der Waals surface area contributed by atoms with Gasteiger partial charge in [-0.15, -0.1) is 0 Å². The van der Waals surface area contributed by atoms with Gasteiger partial charge in [0.15, 0.2) is 6.29 Å². The third kappa shape index (κ3) is 9.36. The second-order valence-electron chi connectivity index (χ2n) is 8.24. The van der Waals surface area contributed by atoms with Crippen molar-refractivity contribution in [3.8, 4) is 17.6 Å². The molecule has 0 spiro atoms. The number of methoxy groups -OCH3 is 1. The van der Waals surface area contributed by atoms with Gasteiger partial charge in [-0.2, -0.15) is 0 Å². The van der Waals surface area contributed by atoms with E-state index in [4.69, 9.17) is 4.74 Å². The summed E-state index contributed by atoms with van der Waals surface area (Å²) < 4.78 is 5.01. The number of carbonyl (C=O) groups excluding carboxylic acids is 3. The van der Waals surface area contributed by atoms with Crippen molar-refractivity contribution >= 4 is 18.2 Å². The Labute approximate surface area is 231 Å². The maximum absolute atomic E-state index is 12.1. The van der Waals surface area contributed by atoms with E-state index in [9.17, 15) is 14.4 Å². The molecule has 0 aromatic heterocycles. The first-order valence-electron chi connectivity index (χ1n) is 12.5. The SMILES string of the molecule is C=C/C=C(\C=C/CC#CC1NC(=O)NC1=C)C1(C)NC(=C)NC1=O.CC.CNCc1ccc(OC)cc1C=O. The minimum atomic E-state index is -0.896. The highest BCUT2D eigenvalue weighted by molar-refractivity contribution is 5.94. The number of rotatable bonds is 8. The summed E-state index contributed by atoms with van der Waals surface area (Å²) in [6, 6.07) is 4.80. The molecule has 0 aliphatic carbocycles. The van der Waals surface area contributed by atoms with E-state index in [1.54, 1.807) is 32.3 Å². The molecule has 2 unspecified atom stereocenters. The Balaban J connectivity index is 0.000000428. The molecule has 3 amide bonds. The van der Waals surface area contributed by atoms with Gasteiger partial charge in [0.25, 0.3) is 5.91 Å². The van der Waals surface area contributed by atoms with Crippen LogP contribution in [0.4, 0.5) is 4.79 Å². The number of hydrogen-bond acceptors (Lipinski definition) is 6. The molecule has 3 rings (SSSR count). The molecule has 2 aliphatic rings. The number of hydrogen-bond donors (Lipinski definition) is 5. The molecule has 2 aliphatic heterocycles. The van der Waals surface area contributed by atoms with E-state index in [1.807, 2.05) is 45.2 Å². The molecule has 2 heterocycles. The molecule has 0 radical (unpaired) electrons. The number of aldehydes is 1. The Morgan fingerprint density at radius 2 is 1.95 bits per heavy atom. The monoisotopic (exact) mass is 533 g/mol. The average molecular weight is 534 g/mol. The van der Waals surface area contributed by atoms with Gasteiger partial charge in [-0.25, -0.2) is 4.79 Å². The molecule has 9 nitrogen and oxygen atoms in total. The van der Waals surface area contributed by atoms with E-state index in [0.717, 1.165) is 17.4 Å². The number of carbonyl (C=O) groups is 3. The van der Waals surface area contributed by atoms with Crippen LogP contribution >= 0.6 is 0 Å². The van der Waals surface area contributed by atoms with E-state index in [-0.39, 0.29) is 18.0 Å². The zero-order valence-corrected chi connectivity index (χ0v) is 23.4. The van der Waals surface area contributed by atoms with E-state index in [0.29, 0.717) is 35.8 Å². The van der Waals surface area contributed by atoms with Crippen molar-refractivity contribution in [3.63, 3.8) is 0 Å². The van der Waals surface area contributed by atoms with Crippen LogP contribution in [0, 0.1) is 11.8 Å². The Hall–Kier alpha value is -4.55. The van der Waals surface area contributed by atoms with E-state index in [1.165, 1.54) is 0 Å². The van der Waals surface area contributed by atoms with Crippen LogP contribution in [-0.2, 0) is 11.3 Å². The summed E-state index contributed by atoms with van der Waals surface area (Å²) in [6.45, 7) is 17.6. The first-order chi connectivity index (χ1) is 18.7. The molecule has 0 saturated carbocycles. The standard InChI is InChI=1S/C18H20N4O2.C10H13NO2.C2H6/c1-5-9-14(18(4)16(23)20-13(3)22-18)10-7-6-8-11-15-12(2)19-17(24)21-15;1-11-6-8-3-4-10(13-2)5-9(8)7-12;1-2/h5,7,9-10,15,22H,1-3,6H2,4H3,(H,20,23)(H2,19,21,24);3-5,7,11H,6H2,1-2H3;1-2H3/b10-7-,14-9+;;. The lowest BCUT2D eigenvalue weighted by molar-refractivity contribution is -0.122. The molecule has 5 N–H and O–H groups in total. The van der Waals surface area contributed by atoms with Crippen LogP contribution in [0.25, 0.3) is 0 Å². The van der Waals surface area contributed by atoms with Crippen molar-refractivity contribution in [2.45, 2.75) is 45.3 Å². The van der Waals surface area contributed by atoms with E-state index in [2.05, 4.69) is 58.2 Å². The van der Waals surface area contributed by atoms with Gasteiger partial charge in [0.05, 0.1) is 12.9 Å². The number of allylic oxidation sites excluding steroid dienone is 3. The zero-order chi connectivity index (χ0) is 29.4.